The molecule has 2 nitrogen and oxygen atoms in total. The minimum absolute atomic E-state index is 0.589. The van der Waals surface area contributed by atoms with Crippen LogP contribution >= 0.6 is 0 Å². The fraction of sp³-hybridized carbons (Fsp3) is 1.00. The summed E-state index contributed by atoms with van der Waals surface area (Å²) in [6.07, 6.45) is 9.73. The molecule has 0 bridgehead atoms. The van der Waals surface area contributed by atoms with Gasteiger partial charge in [0.2, 0.25) is 0 Å². The Morgan fingerprint density at radius 3 is 2.50 bits per heavy atom. The van der Waals surface area contributed by atoms with Gasteiger partial charge in [0, 0.05) is 19.8 Å². The SMILES string of the molecule is CCNCC1(CCCOCC)CCCCC1. The van der Waals surface area contributed by atoms with Gasteiger partial charge in [-0.25, -0.2) is 0 Å². The fourth-order valence-corrected chi connectivity index (χ4v) is 2.90. The minimum atomic E-state index is 0.589. The highest BCUT2D eigenvalue weighted by molar-refractivity contribution is 4.84. The van der Waals surface area contributed by atoms with E-state index in [0.717, 1.165) is 19.8 Å². The average molecular weight is 227 g/mol. The van der Waals surface area contributed by atoms with Crippen molar-refractivity contribution in [2.24, 2.45) is 5.41 Å². The van der Waals surface area contributed by atoms with Crippen molar-refractivity contribution in [2.45, 2.75) is 58.8 Å². The van der Waals surface area contributed by atoms with E-state index in [2.05, 4.69) is 19.2 Å². The Hall–Kier alpha value is -0.0800. The molecular formula is C14H29NO. The summed E-state index contributed by atoms with van der Waals surface area (Å²) in [6.45, 7) is 8.42. The molecule has 0 aromatic carbocycles. The topological polar surface area (TPSA) is 21.3 Å². The third-order valence-electron chi connectivity index (χ3n) is 3.86. The van der Waals surface area contributed by atoms with Crippen LogP contribution in [0.5, 0.6) is 0 Å². The standard InChI is InChI=1S/C14H29NO/c1-3-15-13-14(9-6-5-7-10-14)11-8-12-16-4-2/h15H,3-13H2,1-2H3. The van der Waals surface area contributed by atoms with Crippen LogP contribution < -0.4 is 5.32 Å². The van der Waals surface area contributed by atoms with Crippen molar-refractivity contribution in [3.05, 3.63) is 0 Å². The number of rotatable bonds is 8. The first-order valence-corrected chi connectivity index (χ1v) is 7.11. The first kappa shape index (κ1) is 14.0. The Bertz CT molecular complexity index is 164. The fourth-order valence-electron chi connectivity index (χ4n) is 2.90. The second kappa shape index (κ2) is 8.08. The highest BCUT2D eigenvalue weighted by atomic mass is 16.5. The van der Waals surface area contributed by atoms with E-state index in [1.807, 2.05) is 0 Å². The lowest BCUT2D eigenvalue weighted by Crippen LogP contribution is -2.36. The molecule has 0 atom stereocenters. The Morgan fingerprint density at radius 2 is 1.88 bits per heavy atom. The van der Waals surface area contributed by atoms with Gasteiger partial charge in [-0.1, -0.05) is 26.2 Å². The van der Waals surface area contributed by atoms with E-state index in [1.54, 1.807) is 0 Å². The summed E-state index contributed by atoms with van der Waals surface area (Å²) in [7, 11) is 0. The Kier molecular flexibility index (Phi) is 7.06. The van der Waals surface area contributed by atoms with Crippen molar-refractivity contribution in [3.8, 4) is 0 Å². The van der Waals surface area contributed by atoms with Crippen LogP contribution in [0.3, 0.4) is 0 Å². The molecule has 0 aromatic heterocycles. The molecule has 1 N–H and O–H groups in total. The molecule has 0 spiro atoms. The maximum Gasteiger partial charge on any atom is 0.0466 e. The van der Waals surface area contributed by atoms with Gasteiger partial charge in [0.15, 0.2) is 0 Å². The van der Waals surface area contributed by atoms with Gasteiger partial charge in [0.25, 0.3) is 0 Å². The number of hydrogen-bond donors (Lipinski definition) is 1. The van der Waals surface area contributed by atoms with E-state index in [0.29, 0.717) is 5.41 Å². The van der Waals surface area contributed by atoms with Crippen molar-refractivity contribution >= 4 is 0 Å². The number of nitrogens with one attached hydrogen (secondary N) is 1. The molecule has 0 amide bonds. The van der Waals surface area contributed by atoms with Crippen molar-refractivity contribution in [1.82, 2.24) is 5.32 Å². The zero-order chi connectivity index (χ0) is 11.7. The number of ether oxygens (including phenoxy) is 1. The summed E-state index contributed by atoms with van der Waals surface area (Å²) in [5.41, 5.74) is 0.589. The zero-order valence-corrected chi connectivity index (χ0v) is 11.2. The summed E-state index contributed by atoms with van der Waals surface area (Å²) in [5.74, 6) is 0. The van der Waals surface area contributed by atoms with Gasteiger partial charge in [-0.05, 0) is 44.6 Å². The Morgan fingerprint density at radius 1 is 1.12 bits per heavy atom. The van der Waals surface area contributed by atoms with E-state index in [1.165, 1.54) is 51.5 Å². The predicted molar refractivity (Wildman–Crippen MR) is 69.8 cm³/mol. The van der Waals surface area contributed by atoms with Gasteiger partial charge in [-0.3, -0.25) is 0 Å². The lowest BCUT2D eigenvalue weighted by Gasteiger charge is -2.37. The van der Waals surface area contributed by atoms with Crippen LogP contribution in [0.15, 0.2) is 0 Å². The first-order chi connectivity index (χ1) is 7.83. The van der Waals surface area contributed by atoms with E-state index >= 15 is 0 Å². The van der Waals surface area contributed by atoms with E-state index in [4.69, 9.17) is 4.74 Å². The summed E-state index contributed by atoms with van der Waals surface area (Å²) < 4.78 is 5.45. The smallest absolute Gasteiger partial charge is 0.0466 e. The number of hydrogen-bond acceptors (Lipinski definition) is 2. The van der Waals surface area contributed by atoms with Crippen LogP contribution in [0, 0.1) is 5.41 Å². The van der Waals surface area contributed by atoms with Crippen molar-refractivity contribution in [2.75, 3.05) is 26.3 Å². The predicted octanol–water partition coefficient (Wildman–Crippen LogP) is 3.36. The zero-order valence-electron chi connectivity index (χ0n) is 11.2. The van der Waals surface area contributed by atoms with Crippen molar-refractivity contribution in [3.63, 3.8) is 0 Å². The van der Waals surface area contributed by atoms with Gasteiger partial charge in [0.1, 0.15) is 0 Å². The summed E-state index contributed by atoms with van der Waals surface area (Å²) >= 11 is 0. The summed E-state index contributed by atoms with van der Waals surface area (Å²) in [6, 6.07) is 0. The normalized spacial score (nSPS) is 19.9. The summed E-state index contributed by atoms with van der Waals surface area (Å²) in [4.78, 5) is 0. The quantitative estimate of drug-likeness (QED) is 0.642. The molecule has 0 unspecified atom stereocenters. The molecule has 0 saturated heterocycles. The summed E-state index contributed by atoms with van der Waals surface area (Å²) in [5, 5.41) is 3.56. The van der Waals surface area contributed by atoms with Crippen LogP contribution in [0.4, 0.5) is 0 Å². The third kappa shape index (κ3) is 4.84. The first-order valence-electron chi connectivity index (χ1n) is 7.11. The molecule has 1 aliphatic rings. The third-order valence-corrected chi connectivity index (χ3v) is 3.86. The van der Waals surface area contributed by atoms with E-state index in [9.17, 15) is 0 Å². The maximum absolute atomic E-state index is 5.45. The van der Waals surface area contributed by atoms with E-state index in [-0.39, 0.29) is 0 Å². The largest absolute Gasteiger partial charge is 0.382 e. The second-order valence-corrected chi connectivity index (χ2v) is 5.14. The molecule has 16 heavy (non-hydrogen) atoms. The van der Waals surface area contributed by atoms with Gasteiger partial charge in [0.05, 0.1) is 0 Å². The highest BCUT2D eigenvalue weighted by Crippen LogP contribution is 2.39. The van der Waals surface area contributed by atoms with Crippen LogP contribution in [-0.4, -0.2) is 26.3 Å². The highest BCUT2D eigenvalue weighted by Gasteiger charge is 2.30. The lowest BCUT2D eigenvalue weighted by atomic mass is 9.71. The van der Waals surface area contributed by atoms with E-state index < -0.39 is 0 Å². The van der Waals surface area contributed by atoms with Gasteiger partial charge in [-0.2, -0.15) is 0 Å². The molecule has 0 aromatic rings. The lowest BCUT2D eigenvalue weighted by molar-refractivity contribution is 0.109. The monoisotopic (exact) mass is 227 g/mol. The maximum atomic E-state index is 5.45. The molecule has 1 saturated carbocycles. The van der Waals surface area contributed by atoms with Crippen LogP contribution in [0.25, 0.3) is 0 Å². The van der Waals surface area contributed by atoms with Gasteiger partial charge < -0.3 is 10.1 Å². The second-order valence-electron chi connectivity index (χ2n) is 5.14. The minimum Gasteiger partial charge on any atom is -0.382 e. The molecule has 1 aliphatic carbocycles. The molecular weight excluding hydrogens is 198 g/mol. The van der Waals surface area contributed by atoms with Crippen LogP contribution in [-0.2, 0) is 4.74 Å². The van der Waals surface area contributed by atoms with Crippen molar-refractivity contribution in [1.29, 1.82) is 0 Å². The molecule has 0 aliphatic heterocycles. The van der Waals surface area contributed by atoms with Crippen LogP contribution in [0.1, 0.15) is 58.8 Å². The average Bonchev–Trinajstić information content (AvgIpc) is 2.34. The Balaban J connectivity index is 2.30. The van der Waals surface area contributed by atoms with Crippen LogP contribution in [0.2, 0.25) is 0 Å². The molecule has 0 radical (unpaired) electrons. The molecule has 2 heteroatoms. The molecule has 0 heterocycles. The van der Waals surface area contributed by atoms with Gasteiger partial charge >= 0.3 is 0 Å². The molecule has 96 valence electrons. The van der Waals surface area contributed by atoms with Crippen molar-refractivity contribution < 1.29 is 4.74 Å². The van der Waals surface area contributed by atoms with Gasteiger partial charge in [-0.15, -0.1) is 0 Å². The molecule has 1 rings (SSSR count). The Labute approximate surface area is 101 Å². The molecule has 1 fully saturated rings.